The van der Waals surface area contributed by atoms with Crippen molar-refractivity contribution in [3.8, 4) is 0 Å². The summed E-state index contributed by atoms with van der Waals surface area (Å²) in [6.45, 7) is 1.67. The second kappa shape index (κ2) is 3.82. The maximum Gasteiger partial charge on any atom is 0.300 e. The highest BCUT2D eigenvalue weighted by Gasteiger charge is 2.20. The van der Waals surface area contributed by atoms with E-state index in [9.17, 15) is 14.9 Å². The maximum absolute atomic E-state index is 11.2. The third-order valence-electron chi connectivity index (χ3n) is 1.64. The summed E-state index contributed by atoms with van der Waals surface area (Å²) in [5.74, 6) is -0.559. The van der Waals surface area contributed by atoms with Crippen LogP contribution in [-0.2, 0) is 0 Å². The van der Waals surface area contributed by atoms with E-state index in [1.807, 2.05) is 0 Å². The highest BCUT2D eigenvalue weighted by Crippen LogP contribution is 2.16. The van der Waals surface area contributed by atoms with Crippen LogP contribution >= 0.6 is 0 Å². The summed E-state index contributed by atoms with van der Waals surface area (Å²) in [4.78, 5) is 24.8. The standard InChI is InChI=1S/C8H9N3O3/c1-5-3-6(11(13)14)7(10-4-5)8(12)9-2/h3-4H,1-2H3,(H,9,12). The van der Waals surface area contributed by atoms with Crippen molar-refractivity contribution >= 4 is 11.6 Å². The zero-order chi connectivity index (χ0) is 10.7. The molecule has 0 saturated heterocycles. The van der Waals surface area contributed by atoms with E-state index in [2.05, 4.69) is 10.3 Å². The van der Waals surface area contributed by atoms with Crippen LogP contribution < -0.4 is 5.32 Å². The monoisotopic (exact) mass is 195 g/mol. The van der Waals surface area contributed by atoms with E-state index >= 15 is 0 Å². The van der Waals surface area contributed by atoms with Crippen LogP contribution in [0.5, 0.6) is 0 Å². The first-order valence-corrected chi connectivity index (χ1v) is 3.89. The first kappa shape index (κ1) is 10.1. The van der Waals surface area contributed by atoms with Crippen LogP contribution in [0.15, 0.2) is 12.3 Å². The van der Waals surface area contributed by atoms with Gasteiger partial charge in [0.05, 0.1) is 4.92 Å². The fraction of sp³-hybridized carbons (Fsp3) is 0.250. The van der Waals surface area contributed by atoms with Gasteiger partial charge in [-0.3, -0.25) is 14.9 Å². The third-order valence-corrected chi connectivity index (χ3v) is 1.64. The molecule has 74 valence electrons. The van der Waals surface area contributed by atoms with E-state index in [1.165, 1.54) is 19.3 Å². The van der Waals surface area contributed by atoms with Gasteiger partial charge in [0.15, 0.2) is 0 Å². The minimum Gasteiger partial charge on any atom is -0.354 e. The number of nitrogens with one attached hydrogen (secondary N) is 1. The Kier molecular flexibility index (Phi) is 2.76. The first-order valence-electron chi connectivity index (χ1n) is 3.89. The van der Waals surface area contributed by atoms with Crippen LogP contribution in [0.25, 0.3) is 0 Å². The summed E-state index contributed by atoms with van der Waals surface area (Å²) in [6.07, 6.45) is 1.41. The number of nitro groups is 1. The van der Waals surface area contributed by atoms with Gasteiger partial charge in [0.25, 0.3) is 5.91 Å². The van der Waals surface area contributed by atoms with Crippen LogP contribution in [0.2, 0.25) is 0 Å². The van der Waals surface area contributed by atoms with Crippen LogP contribution in [0.1, 0.15) is 16.1 Å². The van der Waals surface area contributed by atoms with E-state index < -0.39 is 10.8 Å². The number of aromatic nitrogens is 1. The van der Waals surface area contributed by atoms with Gasteiger partial charge in [-0.1, -0.05) is 0 Å². The predicted molar refractivity (Wildman–Crippen MR) is 49.0 cm³/mol. The summed E-state index contributed by atoms with van der Waals surface area (Å²) in [5, 5.41) is 12.9. The molecular formula is C8H9N3O3. The van der Waals surface area contributed by atoms with Crippen LogP contribution in [0.4, 0.5) is 5.69 Å². The van der Waals surface area contributed by atoms with Crippen molar-refractivity contribution < 1.29 is 9.72 Å². The highest BCUT2D eigenvalue weighted by atomic mass is 16.6. The summed E-state index contributed by atoms with van der Waals surface area (Å²) >= 11 is 0. The second-order valence-electron chi connectivity index (χ2n) is 2.72. The van der Waals surface area contributed by atoms with Crippen LogP contribution in [0.3, 0.4) is 0 Å². The molecule has 0 aromatic carbocycles. The number of hydrogen-bond acceptors (Lipinski definition) is 4. The van der Waals surface area contributed by atoms with Crippen molar-refractivity contribution in [1.29, 1.82) is 0 Å². The Hall–Kier alpha value is -1.98. The number of carbonyl (C=O) groups excluding carboxylic acids is 1. The van der Waals surface area contributed by atoms with E-state index in [0.717, 1.165) is 0 Å². The molecule has 1 amide bonds. The summed E-state index contributed by atoms with van der Waals surface area (Å²) in [5.41, 5.74) is 0.205. The second-order valence-corrected chi connectivity index (χ2v) is 2.72. The molecule has 0 spiro atoms. The predicted octanol–water partition coefficient (Wildman–Crippen LogP) is 0.658. The molecule has 0 unspecified atom stereocenters. The molecular weight excluding hydrogens is 186 g/mol. The number of nitrogens with zero attached hydrogens (tertiary/aromatic N) is 2. The topological polar surface area (TPSA) is 85.1 Å². The molecule has 1 heterocycles. The number of aryl methyl sites for hydroxylation is 1. The van der Waals surface area contributed by atoms with Gasteiger partial charge in [0.2, 0.25) is 5.69 Å². The van der Waals surface area contributed by atoms with E-state index in [0.29, 0.717) is 5.56 Å². The molecule has 0 fully saturated rings. The molecule has 6 heteroatoms. The lowest BCUT2D eigenvalue weighted by Gasteiger charge is -2.00. The van der Waals surface area contributed by atoms with Gasteiger partial charge in [0, 0.05) is 19.3 Å². The lowest BCUT2D eigenvalue weighted by atomic mass is 10.2. The number of pyridine rings is 1. The smallest absolute Gasteiger partial charge is 0.300 e. The number of carbonyl (C=O) groups is 1. The maximum atomic E-state index is 11.2. The largest absolute Gasteiger partial charge is 0.354 e. The van der Waals surface area contributed by atoms with E-state index in [-0.39, 0.29) is 11.4 Å². The Morgan fingerprint density at radius 1 is 1.64 bits per heavy atom. The Morgan fingerprint density at radius 2 is 2.29 bits per heavy atom. The molecule has 0 atom stereocenters. The average molecular weight is 195 g/mol. The van der Waals surface area contributed by atoms with E-state index in [1.54, 1.807) is 6.92 Å². The van der Waals surface area contributed by atoms with Crippen LogP contribution in [-0.4, -0.2) is 22.9 Å². The molecule has 6 nitrogen and oxygen atoms in total. The zero-order valence-electron chi connectivity index (χ0n) is 7.77. The lowest BCUT2D eigenvalue weighted by molar-refractivity contribution is -0.385. The number of rotatable bonds is 2. The quantitative estimate of drug-likeness (QED) is 0.554. The molecule has 14 heavy (non-hydrogen) atoms. The van der Waals surface area contributed by atoms with Crippen molar-refractivity contribution in [3.63, 3.8) is 0 Å². The fourth-order valence-corrected chi connectivity index (χ4v) is 0.986. The summed E-state index contributed by atoms with van der Waals surface area (Å²) in [6, 6.07) is 1.32. The van der Waals surface area contributed by atoms with E-state index in [4.69, 9.17) is 0 Å². The molecule has 0 saturated carbocycles. The van der Waals surface area contributed by atoms with Gasteiger partial charge in [-0.25, -0.2) is 4.98 Å². The third kappa shape index (κ3) is 1.85. The average Bonchev–Trinajstić information content (AvgIpc) is 2.16. The van der Waals surface area contributed by atoms with Crippen LogP contribution in [0, 0.1) is 17.0 Å². The highest BCUT2D eigenvalue weighted by molar-refractivity contribution is 5.95. The van der Waals surface area contributed by atoms with Crippen molar-refractivity contribution in [2.45, 2.75) is 6.92 Å². The Morgan fingerprint density at radius 3 is 2.79 bits per heavy atom. The van der Waals surface area contributed by atoms with Crippen molar-refractivity contribution in [1.82, 2.24) is 10.3 Å². The van der Waals surface area contributed by atoms with Gasteiger partial charge in [-0.15, -0.1) is 0 Å². The molecule has 1 aromatic rings. The molecule has 0 aliphatic rings. The molecule has 1 rings (SSSR count). The Balaban J connectivity index is 3.28. The van der Waals surface area contributed by atoms with Gasteiger partial charge >= 0.3 is 5.69 Å². The molecule has 0 radical (unpaired) electrons. The molecule has 0 aliphatic heterocycles. The minimum atomic E-state index is -0.620. The molecule has 0 aliphatic carbocycles. The first-order chi connectivity index (χ1) is 6.56. The fourth-order valence-electron chi connectivity index (χ4n) is 0.986. The Labute approximate surface area is 80.1 Å². The Bertz CT molecular complexity index is 389. The van der Waals surface area contributed by atoms with Crippen molar-refractivity contribution in [2.24, 2.45) is 0 Å². The lowest BCUT2D eigenvalue weighted by Crippen LogP contribution is -2.20. The van der Waals surface area contributed by atoms with Gasteiger partial charge in [-0.05, 0) is 12.5 Å². The minimum absolute atomic E-state index is 0.164. The molecule has 0 bridgehead atoms. The number of hydrogen-bond donors (Lipinski definition) is 1. The van der Waals surface area contributed by atoms with Crippen molar-refractivity contribution in [2.75, 3.05) is 7.05 Å². The summed E-state index contributed by atoms with van der Waals surface area (Å²) in [7, 11) is 1.40. The van der Waals surface area contributed by atoms with Gasteiger partial charge in [0.1, 0.15) is 0 Å². The molecule has 1 N–H and O–H groups in total. The van der Waals surface area contributed by atoms with Gasteiger partial charge in [-0.2, -0.15) is 0 Å². The SMILES string of the molecule is CNC(=O)c1ncc(C)cc1[N+](=O)[O-]. The van der Waals surface area contributed by atoms with Gasteiger partial charge < -0.3 is 5.32 Å². The zero-order valence-corrected chi connectivity index (χ0v) is 7.77. The number of amides is 1. The van der Waals surface area contributed by atoms with Crippen molar-refractivity contribution in [3.05, 3.63) is 33.6 Å². The summed E-state index contributed by atoms with van der Waals surface area (Å²) < 4.78 is 0. The normalized spacial score (nSPS) is 9.57. The molecule has 1 aromatic heterocycles.